The minimum Gasteiger partial charge on any atom is -0.478 e. The van der Waals surface area contributed by atoms with Crippen molar-refractivity contribution in [2.45, 2.75) is 0 Å². The lowest BCUT2D eigenvalue weighted by Gasteiger charge is -2.10. The lowest BCUT2D eigenvalue weighted by molar-refractivity contribution is 0.0698. The van der Waals surface area contributed by atoms with Crippen molar-refractivity contribution in [2.75, 3.05) is 16.3 Å². The fraction of sp³-hybridized carbons (Fsp3) is 0.105. The number of nitriles is 1. The van der Waals surface area contributed by atoms with Crippen LogP contribution in [0.15, 0.2) is 42.5 Å². The first kappa shape index (κ1) is 19.9. The fourth-order valence-corrected chi connectivity index (χ4v) is 3.47. The number of sulfonamides is 1. The third-order valence-corrected chi connectivity index (χ3v) is 4.82. The Hall–Kier alpha value is -3.84. The molecular weight excluding hydrogens is 396 g/mol. The molecule has 1 heterocycles. The van der Waals surface area contributed by atoms with Crippen molar-refractivity contribution >= 4 is 44.2 Å². The molecular formula is C19H16N4O5S. The van der Waals surface area contributed by atoms with Crippen molar-refractivity contribution in [3.05, 3.63) is 59.3 Å². The molecule has 148 valence electrons. The van der Waals surface area contributed by atoms with Gasteiger partial charge in [0, 0.05) is 12.4 Å². The average molecular weight is 412 g/mol. The molecule has 9 nitrogen and oxygen atoms in total. The highest BCUT2D eigenvalue weighted by atomic mass is 32.2. The number of carboxylic acids is 1. The maximum atomic E-state index is 12.7. The van der Waals surface area contributed by atoms with E-state index in [1.807, 2.05) is 6.07 Å². The van der Waals surface area contributed by atoms with Gasteiger partial charge in [-0.25, -0.2) is 13.2 Å². The molecule has 1 aromatic heterocycles. The molecule has 0 radical (unpaired) electrons. The Morgan fingerprint density at radius 3 is 2.48 bits per heavy atom. The number of nitrogens with one attached hydrogen (secondary N) is 2. The zero-order chi connectivity index (χ0) is 21.3. The quantitative estimate of drug-likeness (QED) is 0.587. The van der Waals surface area contributed by atoms with E-state index in [9.17, 15) is 23.1 Å². The smallest absolute Gasteiger partial charge is 0.337 e. The van der Waals surface area contributed by atoms with E-state index in [0.717, 1.165) is 6.26 Å². The van der Waals surface area contributed by atoms with Gasteiger partial charge in [0.2, 0.25) is 10.0 Å². The van der Waals surface area contributed by atoms with Gasteiger partial charge in [0.15, 0.2) is 0 Å². The molecule has 1 amide bonds. The van der Waals surface area contributed by atoms with Gasteiger partial charge in [0.05, 0.1) is 40.3 Å². The van der Waals surface area contributed by atoms with E-state index < -0.39 is 21.9 Å². The van der Waals surface area contributed by atoms with Gasteiger partial charge in [-0.05, 0) is 36.4 Å². The highest BCUT2D eigenvalue weighted by molar-refractivity contribution is 7.92. The second-order valence-corrected chi connectivity index (χ2v) is 8.12. The number of aryl methyl sites for hydroxylation is 1. The molecule has 3 N–H and O–H groups in total. The number of aromatic carboxylic acids is 1. The molecule has 0 saturated carbocycles. The first-order chi connectivity index (χ1) is 13.6. The molecule has 2 aromatic carbocycles. The first-order valence-electron chi connectivity index (χ1n) is 8.25. The van der Waals surface area contributed by atoms with Gasteiger partial charge in [-0.1, -0.05) is 6.07 Å². The minimum absolute atomic E-state index is 0.0613. The SMILES string of the molecule is Cn1c(C(=O)Nc2ccc(C#N)cc2C(=O)O)cc2ccc(NS(C)(=O)=O)cc21. The van der Waals surface area contributed by atoms with Crippen LogP contribution in [0.3, 0.4) is 0 Å². The van der Waals surface area contributed by atoms with E-state index in [-0.39, 0.29) is 22.5 Å². The third kappa shape index (κ3) is 4.20. The van der Waals surface area contributed by atoms with Crippen LogP contribution in [0.25, 0.3) is 10.9 Å². The van der Waals surface area contributed by atoms with Crippen LogP contribution >= 0.6 is 0 Å². The second-order valence-electron chi connectivity index (χ2n) is 6.37. The van der Waals surface area contributed by atoms with Gasteiger partial charge < -0.3 is 15.0 Å². The Morgan fingerprint density at radius 1 is 1.14 bits per heavy atom. The molecule has 0 aliphatic carbocycles. The van der Waals surface area contributed by atoms with Crippen LogP contribution in [0.5, 0.6) is 0 Å². The van der Waals surface area contributed by atoms with E-state index in [4.69, 9.17) is 5.26 Å². The van der Waals surface area contributed by atoms with Crippen molar-refractivity contribution in [3.8, 4) is 6.07 Å². The monoisotopic (exact) mass is 412 g/mol. The van der Waals surface area contributed by atoms with Gasteiger partial charge in [-0.15, -0.1) is 0 Å². The molecule has 0 fully saturated rings. The molecule has 0 aliphatic rings. The molecule has 0 aliphatic heterocycles. The minimum atomic E-state index is -3.44. The number of nitrogens with zero attached hydrogens (tertiary/aromatic N) is 2. The standard InChI is InChI=1S/C19H16N4O5S/c1-23-16-9-13(22-29(2,27)28)5-4-12(16)8-17(23)18(24)21-15-6-3-11(10-20)7-14(15)19(25)26/h3-9,22H,1-2H3,(H,21,24)(H,25,26). The summed E-state index contributed by atoms with van der Waals surface area (Å²) in [6, 6.07) is 12.3. The number of rotatable bonds is 5. The van der Waals surface area contributed by atoms with Crippen molar-refractivity contribution < 1.29 is 23.1 Å². The second kappa shape index (κ2) is 7.29. The van der Waals surface area contributed by atoms with E-state index in [2.05, 4.69) is 10.0 Å². The average Bonchev–Trinajstić information content (AvgIpc) is 2.97. The van der Waals surface area contributed by atoms with Crippen molar-refractivity contribution in [1.29, 1.82) is 5.26 Å². The Kier molecular flexibility index (Phi) is 5.01. The molecule has 0 spiro atoms. The number of hydrogen-bond acceptors (Lipinski definition) is 5. The Morgan fingerprint density at radius 2 is 1.86 bits per heavy atom. The molecule has 10 heteroatoms. The highest BCUT2D eigenvalue weighted by Gasteiger charge is 2.18. The molecule has 29 heavy (non-hydrogen) atoms. The maximum absolute atomic E-state index is 12.7. The maximum Gasteiger partial charge on any atom is 0.337 e. The van der Waals surface area contributed by atoms with E-state index in [0.29, 0.717) is 16.6 Å². The number of anilines is 2. The van der Waals surface area contributed by atoms with Crippen LogP contribution in [0.1, 0.15) is 26.4 Å². The number of aromatic nitrogens is 1. The van der Waals surface area contributed by atoms with Crippen LogP contribution < -0.4 is 10.0 Å². The van der Waals surface area contributed by atoms with Gasteiger partial charge in [-0.3, -0.25) is 9.52 Å². The number of carbonyl (C=O) groups excluding carboxylic acids is 1. The van der Waals surface area contributed by atoms with Gasteiger partial charge >= 0.3 is 5.97 Å². The van der Waals surface area contributed by atoms with Crippen LogP contribution in [-0.4, -0.2) is 36.2 Å². The number of hydrogen-bond donors (Lipinski definition) is 3. The predicted molar refractivity (Wildman–Crippen MR) is 107 cm³/mol. The summed E-state index contributed by atoms with van der Waals surface area (Å²) in [6.45, 7) is 0. The van der Waals surface area contributed by atoms with Crippen LogP contribution in [0, 0.1) is 11.3 Å². The fourth-order valence-electron chi connectivity index (χ4n) is 2.91. The molecule has 0 atom stereocenters. The number of carbonyl (C=O) groups is 2. The van der Waals surface area contributed by atoms with Crippen LogP contribution in [-0.2, 0) is 17.1 Å². The summed E-state index contributed by atoms with van der Waals surface area (Å²) < 4.78 is 26.8. The molecule has 3 rings (SSSR count). The molecule has 3 aromatic rings. The lowest BCUT2D eigenvalue weighted by atomic mass is 10.1. The predicted octanol–water partition coefficient (Wildman–Crippen LogP) is 2.37. The zero-order valence-electron chi connectivity index (χ0n) is 15.4. The van der Waals surface area contributed by atoms with Crippen LogP contribution in [0.2, 0.25) is 0 Å². The van der Waals surface area contributed by atoms with E-state index in [1.54, 1.807) is 35.9 Å². The number of carboxylic acid groups (broad SMARTS) is 1. The third-order valence-electron chi connectivity index (χ3n) is 4.21. The number of benzene rings is 2. The summed E-state index contributed by atoms with van der Waals surface area (Å²) in [4.78, 5) is 24.2. The largest absolute Gasteiger partial charge is 0.478 e. The summed E-state index contributed by atoms with van der Waals surface area (Å²) in [5.74, 6) is -1.82. The highest BCUT2D eigenvalue weighted by Crippen LogP contribution is 2.25. The summed E-state index contributed by atoms with van der Waals surface area (Å²) in [7, 11) is -1.81. The van der Waals surface area contributed by atoms with Gasteiger partial charge in [-0.2, -0.15) is 5.26 Å². The van der Waals surface area contributed by atoms with E-state index >= 15 is 0 Å². The summed E-state index contributed by atoms with van der Waals surface area (Å²) in [5, 5.41) is 21.5. The topological polar surface area (TPSA) is 141 Å². The number of fused-ring (bicyclic) bond motifs is 1. The van der Waals surface area contributed by atoms with Crippen LogP contribution in [0.4, 0.5) is 11.4 Å². The van der Waals surface area contributed by atoms with Gasteiger partial charge in [0.1, 0.15) is 5.69 Å². The van der Waals surface area contributed by atoms with Gasteiger partial charge in [0.25, 0.3) is 5.91 Å². The Balaban J connectivity index is 1.97. The Bertz CT molecular complexity index is 1300. The number of amides is 1. The van der Waals surface area contributed by atoms with Crippen molar-refractivity contribution in [2.24, 2.45) is 7.05 Å². The molecule has 0 unspecified atom stereocenters. The first-order valence-corrected chi connectivity index (χ1v) is 10.1. The summed E-state index contributed by atoms with van der Waals surface area (Å²) in [6.07, 6.45) is 1.04. The molecule has 0 bridgehead atoms. The van der Waals surface area contributed by atoms with Crippen molar-refractivity contribution in [3.63, 3.8) is 0 Å². The summed E-state index contributed by atoms with van der Waals surface area (Å²) >= 11 is 0. The Labute approximate surface area is 166 Å². The zero-order valence-corrected chi connectivity index (χ0v) is 16.2. The summed E-state index contributed by atoms with van der Waals surface area (Å²) in [5.41, 5.74) is 1.24. The van der Waals surface area contributed by atoms with E-state index in [1.165, 1.54) is 18.2 Å². The normalized spacial score (nSPS) is 11.1. The molecule has 0 saturated heterocycles. The van der Waals surface area contributed by atoms with Crippen molar-refractivity contribution in [1.82, 2.24) is 4.57 Å². The lowest BCUT2D eigenvalue weighted by Crippen LogP contribution is -2.17.